The van der Waals surface area contributed by atoms with Crippen LogP contribution in [0.2, 0.25) is 13.7 Å². The van der Waals surface area contributed by atoms with E-state index < -0.39 is 0 Å². The second-order valence-corrected chi connectivity index (χ2v) is 6.76. The first-order chi connectivity index (χ1) is 9.56. The molecule has 3 nitrogen and oxygen atoms in total. The van der Waals surface area contributed by atoms with E-state index in [0.29, 0.717) is 25.1 Å². The molecule has 0 aliphatic carbocycles. The Labute approximate surface area is 134 Å². The lowest BCUT2D eigenvalue weighted by Crippen LogP contribution is -1.95. The molecule has 0 saturated carbocycles. The third kappa shape index (κ3) is 2.40. The van der Waals surface area contributed by atoms with Crippen molar-refractivity contribution < 1.29 is 0 Å². The number of aromatic nitrogens is 2. The van der Waals surface area contributed by atoms with Crippen LogP contribution in [0, 0.1) is 0 Å². The molecule has 0 saturated heterocycles. The number of benzene rings is 1. The van der Waals surface area contributed by atoms with E-state index >= 15 is 0 Å². The second-order valence-electron chi connectivity index (χ2n) is 4.07. The molecule has 102 valence electrons. The Morgan fingerprint density at radius 2 is 1.90 bits per heavy atom. The van der Waals surface area contributed by atoms with Crippen LogP contribution in [-0.2, 0) is 0 Å². The maximum atomic E-state index is 6.15. The minimum atomic E-state index is 0.515. The molecule has 3 rings (SSSR count). The predicted molar refractivity (Wildman–Crippen MR) is 86.3 cm³/mol. The molecule has 2 N–H and O–H groups in total. The van der Waals surface area contributed by atoms with Crippen molar-refractivity contribution in [1.82, 2.24) is 9.78 Å². The highest BCUT2D eigenvalue weighted by Gasteiger charge is 2.16. The molecule has 3 aromatic rings. The van der Waals surface area contributed by atoms with Gasteiger partial charge in [-0.05, 0) is 18.2 Å². The Balaban J connectivity index is 2.13. The van der Waals surface area contributed by atoms with Crippen LogP contribution in [0.3, 0.4) is 0 Å². The van der Waals surface area contributed by atoms with Crippen molar-refractivity contribution in [1.29, 1.82) is 0 Å². The van der Waals surface area contributed by atoms with E-state index in [1.54, 1.807) is 23.0 Å². The zero-order chi connectivity index (χ0) is 14.3. The highest BCUT2D eigenvalue weighted by atomic mass is 35.5. The molecule has 0 amide bonds. The summed E-state index contributed by atoms with van der Waals surface area (Å²) >= 11 is 19.5. The van der Waals surface area contributed by atoms with E-state index in [2.05, 4.69) is 5.10 Å². The Morgan fingerprint density at radius 3 is 2.55 bits per heavy atom. The fourth-order valence-corrected chi connectivity index (χ4v) is 3.55. The second kappa shape index (κ2) is 5.30. The molecule has 0 bridgehead atoms. The van der Waals surface area contributed by atoms with Gasteiger partial charge in [0.25, 0.3) is 0 Å². The third-order valence-electron chi connectivity index (χ3n) is 2.75. The maximum Gasteiger partial charge on any atom is 0.118 e. The van der Waals surface area contributed by atoms with Crippen LogP contribution in [0.4, 0.5) is 5.69 Å². The number of anilines is 1. The summed E-state index contributed by atoms with van der Waals surface area (Å²) in [6.45, 7) is 0. The van der Waals surface area contributed by atoms with E-state index in [4.69, 9.17) is 40.5 Å². The van der Waals surface area contributed by atoms with Crippen molar-refractivity contribution in [3.05, 3.63) is 50.2 Å². The molecular formula is C13H8Cl3N3S. The summed E-state index contributed by atoms with van der Waals surface area (Å²) in [5, 5.41) is 5.05. The number of hydrogen-bond donors (Lipinski definition) is 1. The summed E-state index contributed by atoms with van der Waals surface area (Å²) in [4.78, 5) is 0. The lowest BCUT2D eigenvalue weighted by molar-refractivity contribution is 0.885. The van der Waals surface area contributed by atoms with Crippen molar-refractivity contribution in [3.8, 4) is 16.9 Å². The minimum absolute atomic E-state index is 0.515. The number of halogens is 3. The van der Waals surface area contributed by atoms with Crippen LogP contribution in [0.5, 0.6) is 0 Å². The van der Waals surface area contributed by atoms with Gasteiger partial charge in [-0.15, -0.1) is 11.3 Å². The van der Waals surface area contributed by atoms with Crippen LogP contribution in [0.25, 0.3) is 16.9 Å². The van der Waals surface area contributed by atoms with Crippen molar-refractivity contribution in [2.75, 3.05) is 5.73 Å². The largest absolute Gasteiger partial charge is 0.396 e. The smallest absolute Gasteiger partial charge is 0.118 e. The summed E-state index contributed by atoms with van der Waals surface area (Å²) < 4.78 is 2.79. The molecule has 0 aliphatic rings. The van der Waals surface area contributed by atoms with E-state index in [0.717, 1.165) is 11.3 Å². The highest BCUT2D eigenvalue weighted by Crippen LogP contribution is 2.39. The average Bonchev–Trinajstić information content (AvgIpc) is 2.92. The minimum Gasteiger partial charge on any atom is -0.396 e. The first-order valence-electron chi connectivity index (χ1n) is 5.61. The molecule has 2 heterocycles. The zero-order valence-corrected chi connectivity index (χ0v) is 13.1. The van der Waals surface area contributed by atoms with Crippen molar-refractivity contribution >= 4 is 51.8 Å². The first-order valence-corrected chi connectivity index (χ1v) is 7.56. The lowest BCUT2D eigenvalue weighted by atomic mass is 10.2. The Kier molecular flexibility index (Phi) is 3.65. The summed E-state index contributed by atoms with van der Waals surface area (Å²) in [6.07, 6.45) is 1.71. The number of rotatable bonds is 2. The molecule has 2 aromatic heterocycles. The monoisotopic (exact) mass is 343 g/mol. The molecule has 0 atom stereocenters. The van der Waals surface area contributed by atoms with E-state index in [-0.39, 0.29) is 0 Å². The SMILES string of the molecule is Nc1cn(-c2ccccc2Cl)nc1-c1cc(Cl)sc1Cl. The van der Waals surface area contributed by atoms with Gasteiger partial charge in [-0.1, -0.05) is 46.9 Å². The normalized spacial score (nSPS) is 10.9. The third-order valence-corrected chi connectivity index (χ3v) is 4.56. The van der Waals surface area contributed by atoms with Gasteiger partial charge in [0.05, 0.1) is 26.9 Å². The molecule has 7 heteroatoms. The maximum absolute atomic E-state index is 6.15. The average molecular weight is 345 g/mol. The lowest BCUT2D eigenvalue weighted by Gasteiger charge is -2.02. The van der Waals surface area contributed by atoms with Gasteiger partial charge in [0, 0.05) is 5.56 Å². The molecule has 1 aromatic carbocycles. The van der Waals surface area contributed by atoms with Crippen LogP contribution in [0.15, 0.2) is 36.5 Å². The molecule has 0 unspecified atom stereocenters. The molecule has 0 radical (unpaired) electrons. The number of nitrogen functional groups attached to an aromatic ring is 1. The Bertz CT molecular complexity index is 779. The highest BCUT2D eigenvalue weighted by molar-refractivity contribution is 7.20. The van der Waals surface area contributed by atoms with Crippen LogP contribution in [-0.4, -0.2) is 9.78 Å². The fourth-order valence-electron chi connectivity index (χ4n) is 1.86. The number of para-hydroxylation sites is 1. The molecular weight excluding hydrogens is 337 g/mol. The van der Waals surface area contributed by atoms with Crippen molar-refractivity contribution in [2.45, 2.75) is 0 Å². The van der Waals surface area contributed by atoms with E-state index in [9.17, 15) is 0 Å². The summed E-state index contributed by atoms with van der Waals surface area (Å²) in [7, 11) is 0. The van der Waals surface area contributed by atoms with E-state index in [1.165, 1.54) is 11.3 Å². The molecule has 0 spiro atoms. The standard InChI is InChI=1S/C13H8Cl3N3S/c14-8-3-1-2-4-10(8)19-6-9(17)12(18-19)7-5-11(15)20-13(7)16/h1-6H,17H2. The fraction of sp³-hybridized carbons (Fsp3) is 0. The van der Waals surface area contributed by atoms with Gasteiger partial charge < -0.3 is 5.73 Å². The molecule has 0 fully saturated rings. The summed E-state index contributed by atoms with van der Waals surface area (Å²) in [5.74, 6) is 0. The summed E-state index contributed by atoms with van der Waals surface area (Å²) in [5.41, 5.74) is 8.61. The van der Waals surface area contributed by atoms with Gasteiger partial charge in [-0.2, -0.15) is 5.10 Å². The van der Waals surface area contributed by atoms with Gasteiger partial charge >= 0.3 is 0 Å². The van der Waals surface area contributed by atoms with Gasteiger partial charge in [-0.3, -0.25) is 0 Å². The topological polar surface area (TPSA) is 43.8 Å². The van der Waals surface area contributed by atoms with Crippen LogP contribution in [0.1, 0.15) is 0 Å². The first kappa shape index (κ1) is 13.8. The number of nitrogens with zero attached hydrogens (tertiary/aromatic N) is 2. The number of hydrogen-bond acceptors (Lipinski definition) is 3. The molecule has 0 aliphatic heterocycles. The van der Waals surface area contributed by atoms with Gasteiger partial charge in [0.1, 0.15) is 10.0 Å². The quantitative estimate of drug-likeness (QED) is 0.699. The molecule has 20 heavy (non-hydrogen) atoms. The van der Waals surface area contributed by atoms with Gasteiger partial charge in [-0.25, -0.2) is 4.68 Å². The van der Waals surface area contributed by atoms with Gasteiger partial charge in [0.15, 0.2) is 0 Å². The van der Waals surface area contributed by atoms with Crippen molar-refractivity contribution in [3.63, 3.8) is 0 Å². The van der Waals surface area contributed by atoms with E-state index in [1.807, 2.05) is 18.2 Å². The van der Waals surface area contributed by atoms with Gasteiger partial charge in [0.2, 0.25) is 0 Å². The number of nitrogens with two attached hydrogens (primary N) is 1. The number of thiophene rings is 1. The predicted octanol–water partition coefficient (Wildman–Crippen LogP) is 5.14. The van der Waals surface area contributed by atoms with Crippen molar-refractivity contribution in [2.24, 2.45) is 0 Å². The zero-order valence-electron chi connectivity index (χ0n) is 9.98. The van der Waals surface area contributed by atoms with Crippen LogP contribution >= 0.6 is 46.1 Å². The van der Waals surface area contributed by atoms with Crippen LogP contribution < -0.4 is 5.73 Å². The Morgan fingerprint density at radius 1 is 1.15 bits per heavy atom. The Hall–Kier alpha value is -1.20. The summed E-state index contributed by atoms with van der Waals surface area (Å²) in [6, 6.07) is 9.15.